The van der Waals surface area contributed by atoms with Gasteiger partial charge in [0.05, 0.1) is 5.71 Å². The van der Waals surface area contributed by atoms with Gasteiger partial charge in [-0.05, 0) is 30.7 Å². The molecule has 1 aliphatic rings. The Morgan fingerprint density at radius 1 is 1.22 bits per heavy atom. The molecule has 3 heterocycles. The van der Waals surface area contributed by atoms with Crippen molar-refractivity contribution in [1.29, 1.82) is 0 Å². The van der Waals surface area contributed by atoms with Crippen LogP contribution in [0.25, 0.3) is 5.65 Å². The zero-order valence-electron chi connectivity index (χ0n) is 14.9. The number of rotatable bonds is 6. The second kappa shape index (κ2) is 7.07. The maximum atomic E-state index is 12.0. The van der Waals surface area contributed by atoms with Gasteiger partial charge in [-0.15, -0.1) is 0 Å². The first kappa shape index (κ1) is 17.0. The third-order valence-electron chi connectivity index (χ3n) is 4.54. The lowest BCUT2D eigenvalue weighted by Crippen LogP contribution is -2.14. The Morgan fingerprint density at radius 3 is 2.81 bits per heavy atom. The van der Waals surface area contributed by atoms with Crippen LogP contribution in [0.3, 0.4) is 0 Å². The van der Waals surface area contributed by atoms with Crippen LogP contribution >= 0.6 is 0 Å². The van der Waals surface area contributed by atoms with Gasteiger partial charge in [-0.1, -0.05) is 19.4 Å². The number of benzene rings is 1. The molecule has 0 fully saturated rings. The van der Waals surface area contributed by atoms with Crippen molar-refractivity contribution in [3.63, 3.8) is 0 Å². The van der Waals surface area contributed by atoms with Gasteiger partial charge in [0.2, 0.25) is 0 Å². The summed E-state index contributed by atoms with van der Waals surface area (Å²) in [6.07, 6.45) is 8.32. The molecular formula is C21H19N3O3. The molecule has 0 saturated carbocycles. The summed E-state index contributed by atoms with van der Waals surface area (Å²) < 4.78 is 7.51. The van der Waals surface area contributed by atoms with E-state index in [-0.39, 0.29) is 17.9 Å². The molecule has 0 amide bonds. The maximum absolute atomic E-state index is 12.0. The van der Waals surface area contributed by atoms with Crippen LogP contribution in [0.2, 0.25) is 0 Å². The van der Waals surface area contributed by atoms with Crippen LogP contribution in [0.4, 0.5) is 0 Å². The minimum absolute atomic E-state index is 0.134. The largest absolute Gasteiger partial charge is 0.507 e. The zero-order chi connectivity index (χ0) is 18.8. The van der Waals surface area contributed by atoms with Gasteiger partial charge in [-0.25, -0.2) is 4.98 Å². The summed E-state index contributed by atoms with van der Waals surface area (Å²) in [6, 6.07) is 8.77. The lowest BCUT2D eigenvalue weighted by molar-refractivity contribution is 0.301. The molecule has 2 aromatic heterocycles. The average Bonchev–Trinajstić information content (AvgIpc) is 2.63. The molecule has 0 unspecified atom stereocenters. The highest BCUT2D eigenvalue weighted by Gasteiger charge is 2.17. The number of phenols is 1. The van der Waals surface area contributed by atoms with Crippen LogP contribution in [0.15, 0.2) is 64.8 Å². The Bertz CT molecular complexity index is 1130. The topological polar surface area (TPSA) is 76.2 Å². The molecule has 0 radical (unpaired) electrons. The number of hydrogen-bond donors (Lipinski definition) is 1. The number of hydrogen-bond acceptors (Lipinski definition) is 5. The van der Waals surface area contributed by atoms with E-state index >= 15 is 0 Å². The third-order valence-corrected chi connectivity index (χ3v) is 4.54. The van der Waals surface area contributed by atoms with Gasteiger partial charge in [-0.2, -0.15) is 0 Å². The molecular weight excluding hydrogens is 342 g/mol. The molecule has 1 aromatic carbocycles. The van der Waals surface area contributed by atoms with E-state index < -0.39 is 0 Å². The van der Waals surface area contributed by atoms with Crippen LogP contribution in [-0.4, -0.2) is 20.2 Å². The lowest BCUT2D eigenvalue weighted by Gasteiger charge is -2.17. The molecule has 136 valence electrons. The Hall–Kier alpha value is -3.41. The summed E-state index contributed by atoms with van der Waals surface area (Å²) in [5.74, 6) is 0.840. The van der Waals surface area contributed by atoms with Crippen molar-refractivity contribution in [3.05, 3.63) is 82.0 Å². The molecule has 0 aliphatic carbocycles. The SMILES string of the molecule is CCCc1c(OCc2cccn3c(=O)ccnc23)ccc(C2=NC=C2)c1O. The first-order chi connectivity index (χ1) is 13.2. The normalized spacial score (nSPS) is 12.7. The first-order valence-electron chi connectivity index (χ1n) is 8.86. The van der Waals surface area contributed by atoms with Gasteiger partial charge < -0.3 is 9.84 Å². The van der Waals surface area contributed by atoms with E-state index in [1.54, 1.807) is 18.5 Å². The monoisotopic (exact) mass is 361 g/mol. The fraction of sp³-hybridized carbons (Fsp3) is 0.190. The quantitative estimate of drug-likeness (QED) is 0.731. The molecule has 1 N–H and O–H groups in total. The van der Waals surface area contributed by atoms with Crippen LogP contribution in [0.1, 0.15) is 30.0 Å². The van der Waals surface area contributed by atoms with Crippen molar-refractivity contribution in [2.75, 3.05) is 0 Å². The molecule has 1 aliphatic heterocycles. The van der Waals surface area contributed by atoms with Gasteiger partial charge in [0.25, 0.3) is 5.56 Å². The van der Waals surface area contributed by atoms with Gasteiger partial charge in [0.1, 0.15) is 23.8 Å². The standard InChI is InChI=1S/C21H19N3O3/c1-2-4-16-18(7-6-15(20(16)26)17-8-10-22-17)27-13-14-5-3-12-24-19(25)9-11-23-21(14)24/h3,5-12,26H,2,4,13H2,1H3. The van der Waals surface area contributed by atoms with E-state index in [4.69, 9.17) is 4.74 Å². The fourth-order valence-corrected chi connectivity index (χ4v) is 3.15. The summed E-state index contributed by atoms with van der Waals surface area (Å²) in [6.45, 7) is 2.30. The van der Waals surface area contributed by atoms with E-state index in [9.17, 15) is 9.90 Å². The summed E-state index contributed by atoms with van der Waals surface area (Å²) in [4.78, 5) is 20.4. The first-order valence-corrected chi connectivity index (χ1v) is 8.86. The van der Waals surface area contributed by atoms with E-state index in [1.807, 2.05) is 24.3 Å². The maximum Gasteiger partial charge on any atom is 0.257 e. The van der Waals surface area contributed by atoms with Crippen molar-refractivity contribution in [2.45, 2.75) is 26.4 Å². The number of nitrogens with zero attached hydrogens (tertiary/aromatic N) is 3. The minimum atomic E-state index is -0.134. The van der Waals surface area contributed by atoms with Gasteiger partial charge >= 0.3 is 0 Å². The van der Waals surface area contributed by atoms with Crippen LogP contribution in [0, 0.1) is 0 Å². The molecule has 6 heteroatoms. The fourth-order valence-electron chi connectivity index (χ4n) is 3.15. The number of ether oxygens (including phenoxy) is 1. The summed E-state index contributed by atoms with van der Waals surface area (Å²) >= 11 is 0. The predicted molar refractivity (Wildman–Crippen MR) is 104 cm³/mol. The Kier molecular flexibility index (Phi) is 4.46. The molecule has 6 nitrogen and oxygen atoms in total. The predicted octanol–water partition coefficient (Wildman–Crippen LogP) is 3.25. The number of pyridine rings is 1. The molecule has 0 bridgehead atoms. The number of fused-ring (bicyclic) bond motifs is 1. The summed E-state index contributed by atoms with van der Waals surface area (Å²) in [5.41, 5.74) is 3.48. The number of aliphatic imine (C=N–C) groups is 1. The summed E-state index contributed by atoms with van der Waals surface area (Å²) in [5, 5.41) is 10.7. The van der Waals surface area contributed by atoms with Crippen LogP contribution in [-0.2, 0) is 13.0 Å². The van der Waals surface area contributed by atoms with Gasteiger partial charge in [0.15, 0.2) is 0 Å². The smallest absolute Gasteiger partial charge is 0.257 e. The van der Waals surface area contributed by atoms with Gasteiger partial charge in [0, 0.05) is 41.4 Å². The Labute approximate surface area is 156 Å². The molecule has 4 rings (SSSR count). The van der Waals surface area contributed by atoms with E-state index in [0.717, 1.165) is 23.3 Å². The van der Waals surface area contributed by atoms with Gasteiger partial charge in [-0.3, -0.25) is 14.2 Å². The van der Waals surface area contributed by atoms with Crippen molar-refractivity contribution in [2.24, 2.45) is 4.99 Å². The molecule has 27 heavy (non-hydrogen) atoms. The van der Waals surface area contributed by atoms with Crippen molar-refractivity contribution >= 4 is 11.4 Å². The molecule has 3 aromatic rings. The average molecular weight is 361 g/mol. The number of aromatic nitrogens is 2. The Balaban J connectivity index is 1.66. The molecule has 0 atom stereocenters. The highest BCUT2D eigenvalue weighted by molar-refractivity contribution is 6.14. The number of allylic oxidation sites excluding steroid dienone is 1. The second-order valence-corrected chi connectivity index (χ2v) is 6.32. The summed E-state index contributed by atoms with van der Waals surface area (Å²) in [7, 11) is 0. The molecule has 0 spiro atoms. The second-order valence-electron chi connectivity index (χ2n) is 6.32. The minimum Gasteiger partial charge on any atom is -0.507 e. The third kappa shape index (κ3) is 3.10. The van der Waals surface area contributed by atoms with Crippen molar-refractivity contribution in [1.82, 2.24) is 9.38 Å². The number of phenolic OH excluding ortho intramolecular Hbond substituents is 1. The van der Waals surface area contributed by atoms with Crippen LogP contribution < -0.4 is 10.3 Å². The molecule has 0 saturated heterocycles. The highest BCUT2D eigenvalue weighted by atomic mass is 16.5. The van der Waals surface area contributed by atoms with E-state index in [2.05, 4.69) is 16.9 Å². The van der Waals surface area contributed by atoms with E-state index in [0.29, 0.717) is 23.4 Å². The number of aromatic hydroxyl groups is 1. The zero-order valence-corrected chi connectivity index (χ0v) is 14.9. The van der Waals surface area contributed by atoms with Crippen molar-refractivity contribution < 1.29 is 9.84 Å². The highest BCUT2D eigenvalue weighted by Crippen LogP contribution is 2.34. The van der Waals surface area contributed by atoms with E-state index in [1.165, 1.54) is 16.7 Å². The van der Waals surface area contributed by atoms with Crippen LogP contribution in [0.5, 0.6) is 11.5 Å². The van der Waals surface area contributed by atoms with Crippen molar-refractivity contribution in [3.8, 4) is 11.5 Å². The Morgan fingerprint density at radius 2 is 2.07 bits per heavy atom. The lowest BCUT2D eigenvalue weighted by atomic mass is 9.99.